The highest BCUT2D eigenvalue weighted by Gasteiger charge is 2.16. The van der Waals surface area contributed by atoms with Crippen molar-refractivity contribution in [3.63, 3.8) is 0 Å². The Morgan fingerprint density at radius 2 is 1.17 bits per heavy atom. The Kier molecular flexibility index (Phi) is 14.0. The van der Waals surface area contributed by atoms with Crippen molar-refractivity contribution in [1.29, 1.82) is 0 Å². The number of rotatable bonds is 14. The molecule has 30 heavy (non-hydrogen) atoms. The monoisotopic (exact) mass is 433 g/mol. The Balaban J connectivity index is 3.77. The van der Waals surface area contributed by atoms with E-state index in [0.29, 0.717) is 52.6 Å². The summed E-state index contributed by atoms with van der Waals surface area (Å²) < 4.78 is 21.2. The highest BCUT2D eigenvalue weighted by Crippen LogP contribution is 2.06. The second-order valence-electron chi connectivity index (χ2n) is 8.55. The molecule has 0 radical (unpaired) electrons. The molecule has 0 saturated carbocycles. The summed E-state index contributed by atoms with van der Waals surface area (Å²) in [6.45, 7) is 14.4. The molecular weight excluding hydrogens is 394 g/mol. The normalized spacial score (nSPS) is 11.8. The van der Waals surface area contributed by atoms with Crippen LogP contribution in [0.1, 0.15) is 41.5 Å². The maximum absolute atomic E-state index is 11.5. The molecule has 0 aromatic heterocycles. The molecule has 10 nitrogen and oxygen atoms in total. The van der Waals surface area contributed by atoms with Gasteiger partial charge in [0.1, 0.15) is 17.5 Å². The van der Waals surface area contributed by atoms with Crippen LogP contribution < -0.4 is 10.6 Å². The Morgan fingerprint density at radius 3 is 1.50 bits per heavy atom. The summed E-state index contributed by atoms with van der Waals surface area (Å²) in [6, 6.07) is 0. The Hall–Kier alpha value is -1.91. The van der Waals surface area contributed by atoms with Crippen molar-refractivity contribution in [2.24, 2.45) is 0 Å². The van der Waals surface area contributed by atoms with Crippen LogP contribution in [-0.4, -0.2) is 93.7 Å². The van der Waals surface area contributed by atoms with Crippen molar-refractivity contribution < 1.29 is 33.3 Å². The van der Waals surface area contributed by atoms with E-state index < -0.39 is 23.4 Å². The molecular formula is C20H39N3O7. The van der Waals surface area contributed by atoms with Crippen LogP contribution in [0.15, 0.2) is 0 Å². The van der Waals surface area contributed by atoms with Gasteiger partial charge in [-0.1, -0.05) is 0 Å². The van der Waals surface area contributed by atoms with Crippen LogP contribution in [-0.2, 0) is 23.7 Å². The van der Waals surface area contributed by atoms with Crippen molar-refractivity contribution >= 4 is 18.5 Å². The smallest absolute Gasteiger partial charge is 0.407 e. The van der Waals surface area contributed by atoms with E-state index >= 15 is 0 Å². The number of nitrogens with one attached hydrogen (secondary N) is 2. The van der Waals surface area contributed by atoms with Crippen LogP contribution >= 0.6 is 0 Å². The van der Waals surface area contributed by atoms with Gasteiger partial charge in [-0.05, 0) is 41.5 Å². The first-order valence-electron chi connectivity index (χ1n) is 10.2. The standard InChI is InChI=1S/C20H39N3O7/c1-19(2,3)29-17(25)21-7-13-27-15-10-23(9-12-24)11-16-28-14-8-22-18(26)30-20(4,5)6/h12H,7-11,13-16H2,1-6H3,(H,21,25)(H,22,26). The molecule has 0 heterocycles. The molecule has 0 bridgehead atoms. The minimum Gasteiger partial charge on any atom is -0.444 e. The molecule has 0 unspecified atom stereocenters. The Labute approximate surface area is 179 Å². The quantitative estimate of drug-likeness (QED) is 0.313. The molecule has 0 aliphatic heterocycles. The topological polar surface area (TPSA) is 115 Å². The first kappa shape index (κ1) is 28.1. The maximum atomic E-state index is 11.5. The summed E-state index contributed by atoms with van der Waals surface area (Å²) in [5, 5.41) is 5.22. The number of carbonyl (C=O) groups is 3. The molecule has 0 atom stereocenters. The van der Waals surface area contributed by atoms with Gasteiger partial charge in [0.05, 0.1) is 33.0 Å². The Bertz CT molecular complexity index is 462. The zero-order valence-electron chi connectivity index (χ0n) is 19.2. The first-order chi connectivity index (χ1) is 13.9. The second-order valence-corrected chi connectivity index (χ2v) is 8.55. The number of aldehydes is 1. The highest BCUT2D eigenvalue weighted by molar-refractivity contribution is 5.67. The average molecular weight is 434 g/mol. The summed E-state index contributed by atoms with van der Waals surface area (Å²) in [5.74, 6) is 0. The van der Waals surface area contributed by atoms with Gasteiger partial charge < -0.3 is 34.4 Å². The molecule has 0 rings (SSSR count). The average Bonchev–Trinajstić information content (AvgIpc) is 2.57. The third kappa shape index (κ3) is 19.4. The first-order valence-corrected chi connectivity index (χ1v) is 10.2. The fraction of sp³-hybridized carbons (Fsp3) is 0.850. The summed E-state index contributed by atoms with van der Waals surface area (Å²) in [5.41, 5.74) is -1.07. The fourth-order valence-electron chi connectivity index (χ4n) is 2.07. The molecule has 0 saturated heterocycles. The summed E-state index contributed by atoms with van der Waals surface area (Å²) in [4.78, 5) is 35.7. The van der Waals surface area contributed by atoms with E-state index in [0.717, 1.165) is 6.29 Å². The van der Waals surface area contributed by atoms with Crippen molar-refractivity contribution in [2.75, 3.05) is 59.2 Å². The van der Waals surface area contributed by atoms with Crippen molar-refractivity contribution in [2.45, 2.75) is 52.7 Å². The lowest BCUT2D eigenvalue weighted by Crippen LogP contribution is -2.36. The number of alkyl carbamates (subject to hydrolysis) is 2. The van der Waals surface area contributed by atoms with E-state index in [-0.39, 0.29) is 6.54 Å². The zero-order valence-corrected chi connectivity index (χ0v) is 19.2. The zero-order chi connectivity index (χ0) is 23.0. The lowest BCUT2D eigenvalue weighted by molar-refractivity contribution is -0.109. The number of hydrogen-bond donors (Lipinski definition) is 2. The molecule has 0 fully saturated rings. The Morgan fingerprint density at radius 1 is 0.767 bits per heavy atom. The number of carbonyl (C=O) groups excluding carboxylic acids is 3. The second kappa shape index (κ2) is 15.0. The number of hydrogen-bond acceptors (Lipinski definition) is 8. The van der Waals surface area contributed by atoms with Gasteiger partial charge in [0.2, 0.25) is 0 Å². The predicted octanol–water partition coefficient (Wildman–Crippen LogP) is 1.57. The molecule has 0 aromatic carbocycles. The highest BCUT2D eigenvalue weighted by atomic mass is 16.6. The van der Waals surface area contributed by atoms with Crippen LogP contribution in [0, 0.1) is 0 Å². The fourth-order valence-corrected chi connectivity index (χ4v) is 2.07. The summed E-state index contributed by atoms with van der Waals surface area (Å²) >= 11 is 0. The van der Waals surface area contributed by atoms with Crippen molar-refractivity contribution in [3.05, 3.63) is 0 Å². The van der Waals surface area contributed by atoms with Crippen LogP contribution in [0.3, 0.4) is 0 Å². The molecule has 2 N–H and O–H groups in total. The van der Waals surface area contributed by atoms with Gasteiger partial charge in [0.25, 0.3) is 0 Å². The molecule has 0 aliphatic carbocycles. The largest absolute Gasteiger partial charge is 0.444 e. The molecule has 0 aliphatic rings. The lowest BCUT2D eigenvalue weighted by Gasteiger charge is -2.21. The van der Waals surface area contributed by atoms with Crippen LogP contribution in [0.4, 0.5) is 9.59 Å². The van der Waals surface area contributed by atoms with Crippen LogP contribution in [0.25, 0.3) is 0 Å². The van der Waals surface area contributed by atoms with Gasteiger partial charge in [0.15, 0.2) is 0 Å². The van der Waals surface area contributed by atoms with Gasteiger partial charge in [-0.15, -0.1) is 0 Å². The molecule has 0 spiro atoms. The molecule has 2 amide bonds. The van der Waals surface area contributed by atoms with Crippen LogP contribution in [0.5, 0.6) is 0 Å². The lowest BCUT2D eigenvalue weighted by atomic mass is 10.2. The molecule has 0 aromatic rings. The number of amides is 2. The SMILES string of the molecule is CC(C)(C)OC(=O)NCCOCCN(CC=O)CCOCCNC(=O)OC(C)(C)C. The summed E-state index contributed by atoms with van der Waals surface area (Å²) in [6.07, 6.45) is -0.132. The van der Waals surface area contributed by atoms with Crippen LogP contribution in [0.2, 0.25) is 0 Å². The molecule has 10 heteroatoms. The van der Waals surface area contributed by atoms with E-state index in [2.05, 4.69) is 10.6 Å². The van der Waals surface area contributed by atoms with Gasteiger partial charge in [-0.3, -0.25) is 4.90 Å². The molecule has 176 valence electrons. The summed E-state index contributed by atoms with van der Waals surface area (Å²) in [7, 11) is 0. The van der Waals surface area contributed by atoms with Gasteiger partial charge in [-0.25, -0.2) is 9.59 Å². The minimum atomic E-state index is -0.534. The van der Waals surface area contributed by atoms with Gasteiger partial charge in [0, 0.05) is 26.2 Å². The maximum Gasteiger partial charge on any atom is 0.407 e. The van der Waals surface area contributed by atoms with E-state index in [1.54, 1.807) is 41.5 Å². The number of nitrogens with zero attached hydrogens (tertiary/aromatic N) is 1. The van der Waals surface area contributed by atoms with Gasteiger partial charge >= 0.3 is 12.2 Å². The third-order valence-electron chi connectivity index (χ3n) is 3.27. The van der Waals surface area contributed by atoms with Crippen molar-refractivity contribution in [1.82, 2.24) is 15.5 Å². The third-order valence-corrected chi connectivity index (χ3v) is 3.27. The number of ether oxygens (including phenoxy) is 4. The minimum absolute atomic E-state index is 0.277. The van der Waals surface area contributed by atoms with E-state index in [1.807, 2.05) is 4.90 Å². The van der Waals surface area contributed by atoms with E-state index in [9.17, 15) is 14.4 Å². The van der Waals surface area contributed by atoms with Gasteiger partial charge in [-0.2, -0.15) is 0 Å². The van der Waals surface area contributed by atoms with Crippen molar-refractivity contribution in [3.8, 4) is 0 Å². The van der Waals surface area contributed by atoms with E-state index in [1.165, 1.54) is 0 Å². The predicted molar refractivity (Wildman–Crippen MR) is 113 cm³/mol. The van der Waals surface area contributed by atoms with E-state index in [4.69, 9.17) is 18.9 Å².